The van der Waals surface area contributed by atoms with Crippen LogP contribution in [-0.2, 0) is 11.3 Å². The number of aliphatic hydroxyl groups is 1. The fraction of sp³-hybridized carbons (Fsp3) is 0.750. The first-order valence-electron chi connectivity index (χ1n) is 7.88. The summed E-state index contributed by atoms with van der Waals surface area (Å²) in [6.07, 6.45) is 4.18. The monoisotopic (exact) mass is 293 g/mol. The minimum Gasteiger partial charge on any atom is -0.388 e. The molecule has 1 fully saturated rings. The predicted octanol–water partition coefficient (Wildman–Crippen LogP) is 1.95. The van der Waals surface area contributed by atoms with Gasteiger partial charge in [-0.15, -0.1) is 0 Å². The van der Waals surface area contributed by atoms with E-state index in [4.69, 9.17) is 0 Å². The fourth-order valence-electron chi connectivity index (χ4n) is 3.25. The van der Waals surface area contributed by atoms with Crippen LogP contribution in [0.25, 0.3) is 0 Å². The number of amides is 1. The minimum atomic E-state index is -0.717. The maximum absolute atomic E-state index is 11.9. The molecule has 0 aliphatic heterocycles. The Bertz CT molecular complexity index is 498. The van der Waals surface area contributed by atoms with Crippen molar-refractivity contribution < 1.29 is 9.90 Å². The molecule has 1 aromatic rings. The zero-order valence-electron chi connectivity index (χ0n) is 13.4. The molecule has 2 atom stereocenters. The highest BCUT2D eigenvalue weighted by atomic mass is 16.3. The Morgan fingerprint density at radius 3 is 2.95 bits per heavy atom. The Morgan fingerprint density at radius 1 is 1.57 bits per heavy atom. The number of carbonyl (C=O) groups is 1. The van der Waals surface area contributed by atoms with Crippen LogP contribution in [0.2, 0.25) is 0 Å². The zero-order chi connectivity index (χ0) is 15.5. The molecule has 1 aliphatic carbocycles. The maximum atomic E-state index is 11.9. The highest BCUT2D eigenvalue weighted by Gasteiger charge is 2.32. The molecule has 0 spiro atoms. The second-order valence-corrected chi connectivity index (χ2v) is 6.60. The van der Waals surface area contributed by atoms with Gasteiger partial charge in [0.15, 0.2) is 0 Å². The van der Waals surface area contributed by atoms with E-state index < -0.39 is 5.60 Å². The zero-order valence-corrected chi connectivity index (χ0v) is 13.4. The van der Waals surface area contributed by atoms with Crippen molar-refractivity contribution >= 4 is 5.91 Å². The normalized spacial score (nSPS) is 25.8. The standard InChI is InChI=1S/C16H27N3O2/c1-12-5-4-7-16(21,10-12)11-17-15(20)6-8-19-14(3)9-13(2)18-19/h9,12,21H,4-8,10-11H2,1-3H3,(H,17,20). The van der Waals surface area contributed by atoms with Crippen LogP contribution < -0.4 is 5.32 Å². The van der Waals surface area contributed by atoms with E-state index >= 15 is 0 Å². The van der Waals surface area contributed by atoms with Crippen LogP contribution in [0.4, 0.5) is 0 Å². The van der Waals surface area contributed by atoms with Crippen LogP contribution in [0, 0.1) is 19.8 Å². The molecule has 1 aliphatic rings. The number of hydrogen-bond acceptors (Lipinski definition) is 3. The van der Waals surface area contributed by atoms with Crippen LogP contribution in [0.15, 0.2) is 6.07 Å². The van der Waals surface area contributed by atoms with Gasteiger partial charge in [0, 0.05) is 25.2 Å². The van der Waals surface area contributed by atoms with Gasteiger partial charge in [-0.25, -0.2) is 0 Å². The van der Waals surface area contributed by atoms with Gasteiger partial charge in [0.2, 0.25) is 5.91 Å². The van der Waals surface area contributed by atoms with Gasteiger partial charge in [-0.05, 0) is 38.7 Å². The third-order valence-electron chi connectivity index (χ3n) is 4.34. The molecule has 0 aromatic carbocycles. The van der Waals surface area contributed by atoms with Crippen molar-refractivity contribution in [2.45, 2.75) is 65.0 Å². The number of nitrogens with one attached hydrogen (secondary N) is 1. The van der Waals surface area contributed by atoms with E-state index in [1.807, 2.05) is 24.6 Å². The molecule has 1 amide bonds. The van der Waals surface area contributed by atoms with Gasteiger partial charge in [-0.1, -0.05) is 19.8 Å². The number of hydrogen-bond donors (Lipinski definition) is 2. The summed E-state index contributed by atoms with van der Waals surface area (Å²) >= 11 is 0. The van der Waals surface area contributed by atoms with Crippen molar-refractivity contribution in [3.63, 3.8) is 0 Å². The van der Waals surface area contributed by atoms with E-state index in [0.717, 1.165) is 30.7 Å². The van der Waals surface area contributed by atoms with Gasteiger partial charge in [0.05, 0.1) is 11.3 Å². The first-order valence-corrected chi connectivity index (χ1v) is 7.88. The molecule has 2 rings (SSSR count). The molecule has 21 heavy (non-hydrogen) atoms. The highest BCUT2D eigenvalue weighted by Crippen LogP contribution is 2.31. The van der Waals surface area contributed by atoms with Crippen LogP contribution in [-0.4, -0.2) is 32.9 Å². The number of carbonyl (C=O) groups excluding carboxylic acids is 1. The molecule has 2 unspecified atom stereocenters. The Balaban J connectivity index is 1.76. The van der Waals surface area contributed by atoms with E-state index in [2.05, 4.69) is 17.3 Å². The van der Waals surface area contributed by atoms with E-state index in [1.165, 1.54) is 6.42 Å². The smallest absolute Gasteiger partial charge is 0.221 e. The summed E-state index contributed by atoms with van der Waals surface area (Å²) in [4.78, 5) is 11.9. The Labute approximate surface area is 126 Å². The summed E-state index contributed by atoms with van der Waals surface area (Å²) in [6, 6.07) is 2.00. The predicted molar refractivity (Wildman–Crippen MR) is 81.9 cm³/mol. The average molecular weight is 293 g/mol. The molecule has 0 bridgehead atoms. The van der Waals surface area contributed by atoms with Crippen LogP contribution in [0.3, 0.4) is 0 Å². The van der Waals surface area contributed by atoms with Gasteiger partial charge >= 0.3 is 0 Å². The van der Waals surface area contributed by atoms with Crippen molar-refractivity contribution in [3.05, 3.63) is 17.5 Å². The molecule has 1 saturated carbocycles. The fourth-order valence-corrected chi connectivity index (χ4v) is 3.25. The molecular weight excluding hydrogens is 266 g/mol. The molecule has 1 aromatic heterocycles. The van der Waals surface area contributed by atoms with Gasteiger partial charge in [0.1, 0.15) is 0 Å². The SMILES string of the molecule is Cc1cc(C)n(CCC(=O)NCC2(O)CCCC(C)C2)n1. The van der Waals surface area contributed by atoms with Gasteiger partial charge in [-0.2, -0.15) is 5.10 Å². The first kappa shape index (κ1) is 16.0. The molecule has 2 N–H and O–H groups in total. The lowest BCUT2D eigenvalue weighted by Gasteiger charge is -2.35. The Kier molecular flexibility index (Phi) is 5.04. The lowest BCUT2D eigenvalue weighted by molar-refractivity contribution is -0.123. The van der Waals surface area contributed by atoms with Gasteiger partial charge in [0.25, 0.3) is 0 Å². The average Bonchev–Trinajstić information content (AvgIpc) is 2.72. The van der Waals surface area contributed by atoms with Crippen molar-refractivity contribution in [1.29, 1.82) is 0 Å². The second kappa shape index (κ2) is 6.60. The third-order valence-corrected chi connectivity index (χ3v) is 4.34. The van der Waals surface area contributed by atoms with Crippen LogP contribution in [0.1, 0.15) is 50.4 Å². The Hall–Kier alpha value is -1.36. The number of rotatable bonds is 5. The van der Waals surface area contributed by atoms with E-state index in [0.29, 0.717) is 25.4 Å². The highest BCUT2D eigenvalue weighted by molar-refractivity contribution is 5.75. The van der Waals surface area contributed by atoms with Gasteiger partial charge < -0.3 is 10.4 Å². The summed E-state index contributed by atoms with van der Waals surface area (Å²) in [6.45, 7) is 7.05. The molecule has 0 radical (unpaired) electrons. The van der Waals surface area contributed by atoms with Crippen molar-refractivity contribution in [3.8, 4) is 0 Å². The number of aromatic nitrogens is 2. The second-order valence-electron chi connectivity index (χ2n) is 6.60. The summed E-state index contributed by atoms with van der Waals surface area (Å²) in [5.41, 5.74) is 1.32. The van der Waals surface area contributed by atoms with Crippen LogP contribution >= 0.6 is 0 Å². The Morgan fingerprint density at radius 2 is 2.33 bits per heavy atom. The molecule has 1 heterocycles. The largest absolute Gasteiger partial charge is 0.388 e. The number of aryl methyl sites for hydroxylation is 3. The van der Waals surface area contributed by atoms with E-state index in [-0.39, 0.29) is 5.91 Å². The van der Waals surface area contributed by atoms with Crippen molar-refractivity contribution in [1.82, 2.24) is 15.1 Å². The summed E-state index contributed by atoms with van der Waals surface area (Å²) in [5.74, 6) is 0.518. The third kappa shape index (κ3) is 4.56. The van der Waals surface area contributed by atoms with E-state index in [1.54, 1.807) is 0 Å². The maximum Gasteiger partial charge on any atom is 0.221 e. The molecular formula is C16H27N3O2. The lowest BCUT2D eigenvalue weighted by atomic mass is 9.79. The molecule has 0 saturated heterocycles. The van der Waals surface area contributed by atoms with E-state index in [9.17, 15) is 9.90 Å². The van der Waals surface area contributed by atoms with Crippen molar-refractivity contribution in [2.75, 3.05) is 6.54 Å². The molecule has 5 heteroatoms. The molecule has 5 nitrogen and oxygen atoms in total. The summed E-state index contributed by atoms with van der Waals surface area (Å²) < 4.78 is 1.85. The summed E-state index contributed by atoms with van der Waals surface area (Å²) in [5, 5.41) is 17.7. The summed E-state index contributed by atoms with van der Waals surface area (Å²) in [7, 11) is 0. The number of nitrogens with zero attached hydrogens (tertiary/aromatic N) is 2. The van der Waals surface area contributed by atoms with Gasteiger partial charge in [-0.3, -0.25) is 9.48 Å². The lowest BCUT2D eigenvalue weighted by Crippen LogP contribution is -2.45. The minimum absolute atomic E-state index is 0.0193. The quantitative estimate of drug-likeness (QED) is 0.872. The van der Waals surface area contributed by atoms with Crippen molar-refractivity contribution in [2.24, 2.45) is 5.92 Å². The van der Waals surface area contributed by atoms with Crippen LogP contribution in [0.5, 0.6) is 0 Å². The molecule has 118 valence electrons. The topological polar surface area (TPSA) is 67.2 Å². The first-order chi connectivity index (χ1) is 9.88.